The molecule has 0 bridgehead atoms. The third-order valence-corrected chi connectivity index (χ3v) is 4.37. The molecular weight excluding hydrogens is 297 g/mol. The van der Waals surface area contributed by atoms with Gasteiger partial charge in [0.25, 0.3) is 0 Å². The van der Waals surface area contributed by atoms with Gasteiger partial charge in [0.05, 0.1) is 10.1 Å². The van der Waals surface area contributed by atoms with E-state index in [1.165, 1.54) is 0 Å². The number of nitrogens with one attached hydrogen (secondary N) is 1. The van der Waals surface area contributed by atoms with E-state index in [-0.39, 0.29) is 5.82 Å². The molecule has 2 rings (SSSR count). The van der Waals surface area contributed by atoms with Crippen LogP contribution in [0.15, 0.2) is 22.7 Å². The third-order valence-electron chi connectivity index (χ3n) is 3.76. The molecule has 0 aromatic heterocycles. The standard InChI is InChI=1S/C14H19BrFNO/c1-2-17-10-6-8-14(18,9-7-10)11-4-3-5-12(15)13(11)16/h3-5,10,17-18H,2,6-9H2,1H3. The minimum atomic E-state index is -1.01. The molecule has 18 heavy (non-hydrogen) atoms. The van der Waals surface area contributed by atoms with Crippen molar-refractivity contribution in [1.29, 1.82) is 0 Å². The van der Waals surface area contributed by atoms with Crippen LogP contribution >= 0.6 is 15.9 Å². The smallest absolute Gasteiger partial charge is 0.143 e. The number of benzene rings is 1. The molecule has 1 saturated carbocycles. The van der Waals surface area contributed by atoms with Crippen molar-refractivity contribution in [3.8, 4) is 0 Å². The van der Waals surface area contributed by atoms with Gasteiger partial charge < -0.3 is 10.4 Å². The Hall–Kier alpha value is -0.450. The summed E-state index contributed by atoms with van der Waals surface area (Å²) in [6, 6.07) is 5.57. The third kappa shape index (κ3) is 2.76. The second-order valence-corrected chi connectivity index (χ2v) is 5.82. The molecule has 1 aromatic rings. The van der Waals surface area contributed by atoms with E-state index in [1.807, 2.05) is 0 Å². The Morgan fingerprint density at radius 1 is 1.44 bits per heavy atom. The van der Waals surface area contributed by atoms with Crippen molar-refractivity contribution >= 4 is 15.9 Å². The first-order valence-electron chi connectivity index (χ1n) is 6.47. The van der Waals surface area contributed by atoms with Gasteiger partial charge >= 0.3 is 0 Å². The first-order valence-corrected chi connectivity index (χ1v) is 7.26. The van der Waals surface area contributed by atoms with E-state index >= 15 is 0 Å². The number of aliphatic hydroxyl groups is 1. The molecule has 0 atom stereocenters. The van der Waals surface area contributed by atoms with Gasteiger partial charge in [-0.25, -0.2) is 4.39 Å². The summed E-state index contributed by atoms with van der Waals surface area (Å²) in [5.74, 6) is -0.332. The quantitative estimate of drug-likeness (QED) is 0.896. The molecule has 0 aliphatic heterocycles. The molecular formula is C14H19BrFNO. The van der Waals surface area contributed by atoms with Gasteiger partial charge in [-0.1, -0.05) is 19.1 Å². The molecule has 0 unspecified atom stereocenters. The van der Waals surface area contributed by atoms with Gasteiger partial charge in [0, 0.05) is 11.6 Å². The van der Waals surface area contributed by atoms with Gasteiger partial charge in [0.1, 0.15) is 5.82 Å². The zero-order valence-electron chi connectivity index (χ0n) is 10.5. The predicted molar refractivity (Wildman–Crippen MR) is 73.9 cm³/mol. The average Bonchev–Trinajstić information content (AvgIpc) is 2.36. The van der Waals surface area contributed by atoms with Crippen molar-refractivity contribution in [2.24, 2.45) is 0 Å². The summed E-state index contributed by atoms with van der Waals surface area (Å²) in [5.41, 5.74) is -0.591. The molecule has 1 fully saturated rings. The van der Waals surface area contributed by atoms with E-state index in [4.69, 9.17) is 0 Å². The summed E-state index contributed by atoms with van der Waals surface area (Å²) >= 11 is 3.18. The first-order chi connectivity index (χ1) is 8.57. The van der Waals surface area contributed by atoms with Crippen molar-refractivity contribution in [3.63, 3.8) is 0 Å². The largest absolute Gasteiger partial charge is 0.385 e. The zero-order valence-corrected chi connectivity index (χ0v) is 12.1. The molecule has 1 aromatic carbocycles. The molecule has 0 heterocycles. The molecule has 2 nitrogen and oxygen atoms in total. The van der Waals surface area contributed by atoms with Crippen molar-refractivity contribution in [2.45, 2.75) is 44.2 Å². The molecule has 0 saturated heterocycles. The van der Waals surface area contributed by atoms with Gasteiger partial charge in [-0.05, 0) is 54.2 Å². The Balaban J connectivity index is 2.16. The van der Waals surface area contributed by atoms with Crippen LogP contribution in [0.3, 0.4) is 0 Å². The second-order valence-electron chi connectivity index (χ2n) is 4.96. The fourth-order valence-electron chi connectivity index (χ4n) is 2.72. The summed E-state index contributed by atoms with van der Waals surface area (Å²) in [7, 11) is 0. The van der Waals surface area contributed by atoms with E-state index in [0.29, 0.717) is 28.9 Å². The number of rotatable bonds is 3. The molecule has 0 spiro atoms. The van der Waals surface area contributed by atoms with E-state index in [2.05, 4.69) is 28.2 Å². The number of hydrogen-bond acceptors (Lipinski definition) is 2. The minimum absolute atomic E-state index is 0.332. The lowest BCUT2D eigenvalue weighted by Crippen LogP contribution is -2.40. The Morgan fingerprint density at radius 2 is 2.11 bits per heavy atom. The molecule has 100 valence electrons. The van der Waals surface area contributed by atoms with Crippen molar-refractivity contribution < 1.29 is 9.50 Å². The number of hydrogen-bond donors (Lipinski definition) is 2. The highest BCUT2D eigenvalue weighted by atomic mass is 79.9. The average molecular weight is 316 g/mol. The van der Waals surface area contributed by atoms with Gasteiger partial charge in [0.2, 0.25) is 0 Å². The molecule has 1 aliphatic rings. The van der Waals surface area contributed by atoms with Crippen LogP contribution < -0.4 is 5.32 Å². The number of halogens is 2. The van der Waals surface area contributed by atoms with Gasteiger partial charge in [-0.15, -0.1) is 0 Å². The van der Waals surface area contributed by atoms with Crippen LogP contribution in [0.4, 0.5) is 4.39 Å². The lowest BCUT2D eigenvalue weighted by Gasteiger charge is -2.37. The van der Waals surface area contributed by atoms with Gasteiger partial charge in [-0.2, -0.15) is 0 Å². The van der Waals surface area contributed by atoms with Crippen LogP contribution in [0.2, 0.25) is 0 Å². The predicted octanol–water partition coefficient (Wildman–Crippen LogP) is 3.33. The lowest BCUT2D eigenvalue weighted by molar-refractivity contribution is -0.0112. The monoisotopic (exact) mass is 315 g/mol. The van der Waals surface area contributed by atoms with E-state index in [0.717, 1.165) is 19.4 Å². The molecule has 0 radical (unpaired) electrons. The van der Waals surface area contributed by atoms with Crippen molar-refractivity contribution in [2.75, 3.05) is 6.54 Å². The highest BCUT2D eigenvalue weighted by Crippen LogP contribution is 2.39. The van der Waals surface area contributed by atoms with E-state index in [9.17, 15) is 9.50 Å². The van der Waals surface area contributed by atoms with Crippen LogP contribution in [0, 0.1) is 5.82 Å². The van der Waals surface area contributed by atoms with E-state index < -0.39 is 5.60 Å². The van der Waals surface area contributed by atoms with Crippen LogP contribution in [-0.4, -0.2) is 17.7 Å². The SMILES string of the molecule is CCNC1CCC(O)(c2cccc(Br)c2F)CC1. The maximum Gasteiger partial charge on any atom is 0.143 e. The summed E-state index contributed by atoms with van der Waals surface area (Å²) in [4.78, 5) is 0. The van der Waals surface area contributed by atoms with Crippen LogP contribution in [0.1, 0.15) is 38.2 Å². The summed E-state index contributed by atoms with van der Waals surface area (Å²) in [5, 5.41) is 14.0. The summed E-state index contributed by atoms with van der Waals surface area (Å²) in [6.07, 6.45) is 2.99. The van der Waals surface area contributed by atoms with Gasteiger partial charge in [-0.3, -0.25) is 0 Å². The van der Waals surface area contributed by atoms with Crippen LogP contribution in [-0.2, 0) is 5.60 Å². The zero-order chi connectivity index (χ0) is 13.2. The van der Waals surface area contributed by atoms with E-state index in [1.54, 1.807) is 18.2 Å². The molecule has 1 aliphatic carbocycles. The lowest BCUT2D eigenvalue weighted by atomic mass is 9.77. The second kappa shape index (κ2) is 5.68. The van der Waals surface area contributed by atoms with Crippen molar-refractivity contribution in [1.82, 2.24) is 5.32 Å². The Labute approximate surface area is 116 Å². The highest BCUT2D eigenvalue weighted by molar-refractivity contribution is 9.10. The molecule has 0 amide bonds. The van der Waals surface area contributed by atoms with Gasteiger partial charge in [0.15, 0.2) is 0 Å². The normalized spacial score (nSPS) is 28.3. The Kier molecular flexibility index (Phi) is 4.41. The highest BCUT2D eigenvalue weighted by Gasteiger charge is 2.36. The maximum atomic E-state index is 14.1. The van der Waals surface area contributed by atoms with Crippen LogP contribution in [0.25, 0.3) is 0 Å². The minimum Gasteiger partial charge on any atom is -0.385 e. The summed E-state index contributed by atoms with van der Waals surface area (Å²) in [6.45, 7) is 3.02. The summed E-state index contributed by atoms with van der Waals surface area (Å²) < 4.78 is 14.5. The fourth-order valence-corrected chi connectivity index (χ4v) is 3.09. The molecule has 4 heteroatoms. The van der Waals surface area contributed by atoms with Crippen molar-refractivity contribution in [3.05, 3.63) is 34.1 Å². The Bertz CT molecular complexity index is 416. The van der Waals surface area contributed by atoms with Crippen LogP contribution in [0.5, 0.6) is 0 Å². The topological polar surface area (TPSA) is 32.3 Å². The molecule has 2 N–H and O–H groups in total. The maximum absolute atomic E-state index is 14.1. The fraction of sp³-hybridized carbons (Fsp3) is 0.571. The first kappa shape index (κ1) is 14.0. The Morgan fingerprint density at radius 3 is 2.72 bits per heavy atom.